The average molecular weight is 371 g/mol. The minimum atomic E-state index is -3.44. The summed E-state index contributed by atoms with van der Waals surface area (Å²) in [6, 6.07) is 7.34. The zero-order chi connectivity index (χ0) is 17.2. The van der Waals surface area contributed by atoms with Crippen LogP contribution in [0.2, 0.25) is 5.02 Å². The Balaban J connectivity index is 1.69. The lowest BCUT2D eigenvalue weighted by Crippen LogP contribution is -2.55. The number of hydrogen-bond donors (Lipinski definition) is 0. The van der Waals surface area contributed by atoms with Gasteiger partial charge in [-0.15, -0.1) is 0 Å². The Labute approximate surface area is 147 Å². The fourth-order valence-corrected chi connectivity index (χ4v) is 4.71. The van der Waals surface area contributed by atoms with Gasteiger partial charge in [-0.1, -0.05) is 11.6 Å². The summed E-state index contributed by atoms with van der Waals surface area (Å²) in [4.78, 5) is 2.03. The van der Waals surface area contributed by atoms with E-state index in [9.17, 15) is 13.7 Å². The largest absolute Gasteiger partial charge is 0.379 e. The molecule has 0 radical (unpaired) electrons. The summed E-state index contributed by atoms with van der Waals surface area (Å²) in [6.45, 7) is 3.56. The highest BCUT2D eigenvalue weighted by atomic mass is 35.5. The van der Waals surface area contributed by atoms with E-state index in [2.05, 4.69) is 6.07 Å². The lowest BCUT2D eigenvalue weighted by molar-refractivity contribution is 0.0700. The van der Waals surface area contributed by atoms with E-state index in [0.29, 0.717) is 63.1 Å². The molecule has 9 heteroatoms. The van der Waals surface area contributed by atoms with Crippen LogP contribution in [0.25, 0.3) is 0 Å². The van der Waals surface area contributed by atoms with Crippen molar-refractivity contribution in [3.8, 4) is 6.07 Å². The van der Waals surface area contributed by atoms with Crippen LogP contribution in [-0.2, 0) is 14.9 Å². The predicted octanol–water partition coefficient (Wildman–Crippen LogP) is 0.911. The SMILES string of the molecule is N#Cc1cc(Cl)ccc1N1CCN(S(=O)(=O)N2CCOCC2)CC1. The second-order valence-electron chi connectivity index (χ2n) is 5.68. The third kappa shape index (κ3) is 3.50. The smallest absolute Gasteiger partial charge is 0.282 e. The molecule has 0 aliphatic carbocycles. The number of anilines is 1. The van der Waals surface area contributed by atoms with Crippen molar-refractivity contribution in [3.63, 3.8) is 0 Å². The summed E-state index contributed by atoms with van der Waals surface area (Å²) < 4.78 is 33.5. The molecule has 2 heterocycles. The van der Waals surface area contributed by atoms with Gasteiger partial charge in [-0.3, -0.25) is 0 Å². The summed E-state index contributed by atoms with van der Waals surface area (Å²) in [5.41, 5.74) is 1.30. The third-order valence-corrected chi connectivity index (χ3v) is 6.55. The first kappa shape index (κ1) is 17.5. The van der Waals surface area contributed by atoms with E-state index < -0.39 is 10.2 Å². The molecule has 0 aromatic heterocycles. The number of nitrogens with zero attached hydrogens (tertiary/aromatic N) is 4. The topological polar surface area (TPSA) is 76.9 Å². The van der Waals surface area contributed by atoms with E-state index in [-0.39, 0.29) is 0 Å². The van der Waals surface area contributed by atoms with Crippen molar-refractivity contribution < 1.29 is 13.2 Å². The molecule has 130 valence electrons. The first-order chi connectivity index (χ1) is 11.5. The molecule has 24 heavy (non-hydrogen) atoms. The number of nitriles is 1. The van der Waals surface area contributed by atoms with Crippen molar-refractivity contribution in [1.29, 1.82) is 5.26 Å². The zero-order valence-corrected chi connectivity index (χ0v) is 14.8. The van der Waals surface area contributed by atoms with E-state index in [0.717, 1.165) is 5.69 Å². The van der Waals surface area contributed by atoms with Crippen LogP contribution < -0.4 is 4.90 Å². The molecule has 0 saturated carbocycles. The molecule has 7 nitrogen and oxygen atoms in total. The van der Waals surface area contributed by atoms with Gasteiger partial charge in [-0.25, -0.2) is 0 Å². The zero-order valence-electron chi connectivity index (χ0n) is 13.2. The third-order valence-electron chi connectivity index (χ3n) is 4.28. The van der Waals surface area contributed by atoms with Gasteiger partial charge in [0.1, 0.15) is 6.07 Å². The first-order valence-corrected chi connectivity index (χ1v) is 9.57. The van der Waals surface area contributed by atoms with Gasteiger partial charge in [-0.05, 0) is 18.2 Å². The average Bonchev–Trinajstić information content (AvgIpc) is 2.62. The Kier molecular flexibility index (Phi) is 5.27. The molecular weight excluding hydrogens is 352 g/mol. The maximum atomic E-state index is 12.7. The number of hydrogen-bond acceptors (Lipinski definition) is 5. The molecule has 0 amide bonds. The van der Waals surface area contributed by atoms with Gasteiger partial charge in [-0.2, -0.15) is 22.3 Å². The Bertz CT molecular complexity index is 736. The van der Waals surface area contributed by atoms with Gasteiger partial charge in [0, 0.05) is 44.3 Å². The van der Waals surface area contributed by atoms with Crippen molar-refractivity contribution >= 4 is 27.5 Å². The van der Waals surface area contributed by atoms with Crippen LogP contribution in [-0.4, -0.2) is 69.5 Å². The van der Waals surface area contributed by atoms with Crippen LogP contribution in [0.5, 0.6) is 0 Å². The Hall–Kier alpha value is -1.37. The summed E-state index contributed by atoms with van der Waals surface area (Å²) in [6.07, 6.45) is 0. The number of halogens is 1. The molecule has 1 aromatic carbocycles. The van der Waals surface area contributed by atoms with Crippen molar-refractivity contribution in [2.45, 2.75) is 0 Å². The molecule has 0 N–H and O–H groups in total. The summed E-state index contributed by atoms with van der Waals surface area (Å²) in [5.74, 6) is 0. The van der Waals surface area contributed by atoms with Crippen LogP contribution in [0.4, 0.5) is 5.69 Å². The molecule has 2 saturated heterocycles. The number of benzene rings is 1. The highest BCUT2D eigenvalue weighted by Crippen LogP contribution is 2.25. The van der Waals surface area contributed by atoms with Crippen molar-refractivity contribution in [1.82, 2.24) is 8.61 Å². The normalized spacial score (nSPS) is 20.8. The molecule has 0 unspecified atom stereocenters. The number of piperazine rings is 1. The summed E-state index contributed by atoms with van der Waals surface area (Å²) in [7, 11) is -3.44. The first-order valence-electron chi connectivity index (χ1n) is 7.80. The van der Waals surface area contributed by atoms with Gasteiger partial charge in [0.05, 0.1) is 24.5 Å². The number of morpholine rings is 1. The van der Waals surface area contributed by atoms with Gasteiger partial charge < -0.3 is 9.64 Å². The second kappa shape index (κ2) is 7.25. The minimum absolute atomic E-state index is 0.396. The molecule has 1 aromatic rings. The monoisotopic (exact) mass is 370 g/mol. The maximum Gasteiger partial charge on any atom is 0.282 e. The van der Waals surface area contributed by atoms with Crippen LogP contribution in [0, 0.1) is 11.3 Å². The molecule has 0 spiro atoms. The lowest BCUT2D eigenvalue weighted by atomic mass is 10.1. The van der Waals surface area contributed by atoms with E-state index in [4.69, 9.17) is 16.3 Å². The van der Waals surface area contributed by atoms with E-state index >= 15 is 0 Å². The van der Waals surface area contributed by atoms with Gasteiger partial charge in [0.15, 0.2) is 0 Å². The number of ether oxygens (including phenoxy) is 1. The van der Waals surface area contributed by atoms with E-state index in [1.165, 1.54) is 8.61 Å². The summed E-state index contributed by atoms with van der Waals surface area (Å²) >= 11 is 5.93. The van der Waals surface area contributed by atoms with Crippen LogP contribution in [0.1, 0.15) is 5.56 Å². The molecule has 0 atom stereocenters. The van der Waals surface area contributed by atoms with Crippen LogP contribution in [0.3, 0.4) is 0 Å². The van der Waals surface area contributed by atoms with Gasteiger partial charge in [0.2, 0.25) is 0 Å². The van der Waals surface area contributed by atoms with Crippen molar-refractivity contribution in [2.75, 3.05) is 57.4 Å². The molecule has 3 rings (SSSR count). The maximum absolute atomic E-state index is 12.7. The standard InChI is InChI=1S/C15H19ClN4O3S/c16-14-1-2-15(13(11-14)12-17)18-3-5-19(6-4-18)24(21,22)20-7-9-23-10-8-20/h1-2,11H,3-10H2. The van der Waals surface area contributed by atoms with Crippen molar-refractivity contribution in [2.24, 2.45) is 0 Å². The van der Waals surface area contributed by atoms with Crippen LogP contribution >= 0.6 is 11.6 Å². The van der Waals surface area contributed by atoms with Crippen molar-refractivity contribution in [3.05, 3.63) is 28.8 Å². The van der Waals surface area contributed by atoms with Gasteiger partial charge in [0.25, 0.3) is 10.2 Å². The Morgan fingerprint density at radius 2 is 1.67 bits per heavy atom. The highest BCUT2D eigenvalue weighted by molar-refractivity contribution is 7.86. The van der Waals surface area contributed by atoms with E-state index in [1.54, 1.807) is 12.1 Å². The molecule has 2 fully saturated rings. The van der Waals surface area contributed by atoms with E-state index in [1.807, 2.05) is 11.0 Å². The Morgan fingerprint density at radius 1 is 1.04 bits per heavy atom. The van der Waals surface area contributed by atoms with Gasteiger partial charge >= 0.3 is 0 Å². The fourth-order valence-electron chi connectivity index (χ4n) is 2.97. The Morgan fingerprint density at radius 3 is 2.29 bits per heavy atom. The minimum Gasteiger partial charge on any atom is -0.379 e. The molecule has 2 aliphatic rings. The molecule has 0 bridgehead atoms. The summed E-state index contributed by atoms with van der Waals surface area (Å²) in [5, 5.41) is 9.78. The quantitative estimate of drug-likeness (QED) is 0.790. The van der Waals surface area contributed by atoms with Crippen LogP contribution in [0.15, 0.2) is 18.2 Å². The highest BCUT2D eigenvalue weighted by Gasteiger charge is 2.33. The molecule has 2 aliphatic heterocycles. The number of rotatable bonds is 3. The molecular formula is C15H19ClN4O3S. The fraction of sp³-hybridized carbons (Fsp3) is 0.533. The second-order valence-corrected chi connectivity index (χ2v) is 8.04. The predicted molar refractivity (Wildman–Crippen MR) is 91.3 cm³/mol. The lowest BCUT2D eigenvalue weighted by Gasteiger charge is -2.38.